The van der Waals surface area contributed by atoms with Crippen LogP contribution in [0.5, 0.6) is 0 Å². The van der Waals surface area contributed by atoms with Crippen LogP contribution in [-0.2, 0) is 23.9 Å². The number of carbonyl (C=O) groups excluding carboxylic acids is 3. The molecular formula is C31H48O5. The van der Waals surface area contributed by atoms with Gasteiger partial charge in [-0.05, 0) is 128 Å². The first-order chi connectivity index (χ1) is 16.9. The van der Waals surface area contributed by atoms with Crippen molar-refractivity contribution < 1.29 is 23.9 Å². The molecule has 202 valence electrons. The maximum Gasteiger partial charge on any atom is 0.312 e. The van der Waals surface area contributed by atoms with Gasteiger partial charge in [0.05, 0.1) is 10.8 Å². The Balaban J connectivity index is 1.29. The SMILES string of the molecule is CCC(C)(CCC(C)(C)C(=O)OC1CCCC(=O)C1)C(=O)OC(C)C=CC12CC3CC(CC(C3)C1)C2. The molecule has 0 aromatic carbocycles. The molecule has 0 aromatic rings. The lowest BCUT2D eigenvalue weighted by atomic mass is 9.49. The summed E-state index contributed by atoms with van der Waals surface area (Å²) < 4.78 is 11.6. The van der Waals surface area contributed by atoms with Crippen molar-refractivity contribution in [1.29, 1.82) is 0 Å². The molecule has 0 aromatic heterocycles. The van der Waals surface area contributed by atoms with Gasteiger partial charge in [0.1, 0.15) is 18.0 Å². The van der Waals surface area contributed by atoms with E-state index < -0.39 is 10.8 Å². The first kappa shape index (κ1) is 27.4. The maximum absolute atomic E-state index is 13.3. The van der Waals surface area contributed by atoms with E-state index in [4.69, 9.17) is 9.47 Å². The molecule has 0 radical (unpaired) electrons. The van der Waals surface area contributed by atoms with Gasteiger partial charge in [0.15, 0.2) is 0 Å². The summed E-state index contributed by atoms with van der Waals surface area (Å²) in [6.07, 6.45) is 16.4. The number of Topliss-reactive ketones (excluding diaryl/α,β-unsaturated/α-hetero) is 1. The molecule has 5 aliphatic carbocycles. The molecule has 3 atom stereocenters. The maximum atomic E-state index is 13.3. The standard InChI is InChI=1S/C31H48O5/c1-6-30(5,13-12-29(3,4)27(33)36-26-9-7-8-25(32)17-26)28(34)35-21(2)10-11-31-18-22-14-23(19-31)16-24(15-22)20-31/h10-11,21-24,26H,6-9,12-20H2,1-5H3. The van der Waals surface area contributed by atoms with Crippen LogP contribution in [0.25, 0.3) is 0 Å². The molecule has 0 amide bonds. The van der Waals surface area contributed by atoms with E-state index in [1.807, 2.05) is 34.6 Å². The van der Waals surface area contributed by atoms with Gasteiger partial charge in [-0.25, -0.2) is 0 Å². The van der Waals surface area contributed by atoms with Crippen LogP contribution in [0.2, 0.25) is 0 Å². The fraction of sp³-hybridized carbons (Fsp3) is 0.839. The number of carbonyl (C=O) groups is 3. The molecule has 5 nitrogen and oxygen atoms in total. The molecule has 0 saturated heterocycles. The summed E-state index contributed by atoms with van der Waals surface area (Å²) in [7, 11) is 0. The second-order valence-electron chi connectivity index (χ2n) is 13.7. The van der Waals surface area contributed by atoms with Crippen molar-refractivity contribution in [3.05, 3.63) is 12.2 Å². The first-order valence-corrected chi connectivity index (χ1v) is 14.6. The number of hydrogen-bond acceptors (Lipinski definition) is 5. The highest BCUT2D eigenvalue weighted by Gasteiger charge is 2.49. The van der Waals surface area contributed by atoms with E-state index >= 15 is 0 Å². The van der Waals surface area contributed by atoms with Crippen LogP contribution >= 0.6 is 0 Å². The molecule has 0 heterocycles. The molecule has 4 bridgehead atoms. The molecule has 0 N–H and O–H groups in total. The van der Waals surface area contributed by atoms with Crippen molar-refractivity contribution in [2.75, 3.05) is 0 Å². The smallest absolute Gasteiger partial charge is 0.312 e. The van der Waals surface area contributed by atoms with Crippen molar-refractivity contribution in [2.45, 2.75) is 130 Å². The zero-order valence-corrected chi connectivity index (χ0v) is 23.3. The van der Waals surface area contributed by atoms with Crippen molar-refractivity contribution >= 4 is 17.7 Å². The van der Waals surface area contributed by atoms with Crippen LogP contribution in [-0.4, -0.2) is 29.9 Å². The zero-order valence-electron chi connectivity index (χ0n) is 23.3. The molecule has 3 unspecified atom stereocenters. The van der Waals surface area contributed by atoms with Gasteiger partial charge in [-0.2, -0.15) is 0 Å². The molecule has 0 spiro atoms. The van der Waals surface area contributed by atoms with Crippen molar-refractivity contribution in [2.24, 2.45) is 34.0 Å². The van der Waals surface area contributed by atoms with Crippen LogP contribution in [0, 0.1) is 34.0 Å². The van der Waals surface area contributed by atoms with Gasteiger partial charge in [0, 0.05) is 12.8 Å². The summed E-state index contributed by atoms with van der Waals surface area (Å²) in [5.41, 5.74) is -1.04. The molecule has 5 aliphatic rings. The number of esters is 2. The Morgan fingerprint density at radius 3 is 2.19 bits per heavy atom. The van der Waals surface area contributed by atoms with Gasteiger partial charge in [-0.3, -0.25) is 14.4 Å². The van der Waals surface area contributed by atoms with E-state index in [0.717, 1.165) is 30.6 Å². The van der Waals surface area contributed by atoms with Crippen molar-refractivity contribution in [3.8, 4) is 0 Å². The normalized spacial score (nSPS) is 34.4. The van der Waals surface area contributed by atoms with Crippen LogP contribution < -0.4 is 0 Å². The average Bonchev–Trinajstić information content (AvgIpc) is 2.80. The molecule has 5 fully saturated rings. The number of allylic oxidation sites excluding steroid dienone is 1. The topological polar surface area (TPSA) is 69.7 Å². The summed E-state index contributed by atoms with van der Waals surface area (Å²) in [5, 5.41) is 0. The van der Waals surface area contributed by atoms with Crippen LogP contribution in [0.4, 0.5) is 0 Å². The van der Waals surface area contributed by atoms with Gasteiger partial charge >= 0.3 is 11.9 Å². The highest BCUT2D eigenvalue weighted by molar-refractivity contribution is 5.81. The van der Waals surface area contributed by atoms with Crippen LogP contribution in [0.15, 0.2) is 12.2 Å². The minimum Gasteiger partial charge on any atom is -0.462 e. The molecule has 5 saturated carbocycles. The Morgan fingerprint density at radius 2 is 1.64 bits per heavy atom. The molecule has 36 heavy (non-hydrogen) atoms. The quantitative estimate of drug-likeness (QED) is 0.239. The summed E-state index contributed by atoms with van der Waals surface area (Å²) in [6.45, 7) is 9.68. The average molecular weight is 501 g/mol. The lowest BCUT2D eigenvalue weighted by molar-refractivity contribution is -0.165. The first-order valence-electron chi connectivity index (χ1n) is 14.6. The van der Waals surface area contributed by atoms with E-state index in [9.17, 15) is 14.4 Å². The predicted octanol–water partition coefficient (Wildman–Crippen LogP) is 6.97. The third-order valence-corrected chi connectivity index (χ3v) is 9.94. The van der Waals surface area contributed by atoms with Gasteiger partial charge in [0.25, 0.3) is 0 Å². The number of rotatable bonds is 10. The third kappa shape index (κ3) is 6.25. The summed E-state index contributed by atoms with van der Waals surface area (Å²) in [4.78, 5) is 37.9. The highest BCUT2D eigenvalue weighted by atomic mass is 16.5. The lowest BCUT2D eigenvalue weighted by Crippen LogP contribution is -2.45. The minimum atomic E-state index is -0.721. The molecule has 0 aliphatic heterocycles. The van der Waals surface area contributed by atoms with Crippen molar-refractivity contribution in [3.63, 3.8) is 0 Å². The number of ether oxygens (including phenoxy) is 2. The summed E-state index contributed by atoms with van der Waals surface area (Å²) in [5.74, 6) is 2.41. The lowest BCUT2D eigenvalue weighted by Gasteiger charge is -2.56. The second-order valence-corrected chi connectivity index (χ2v) is 13.7. The minimum absolute atomic E-state index is 0.171. The third-order valence-electron chi connectivity index (χ3n) is 9.94. The Labute approximate surface area is 218 Å². The highest BCUT2D eigenvalue weighted by Crippen LogP contribution is 2.60. The Kier molecular flexibility index (Phi) is 8.07. The largest absolute Gasteiger partial charge is 0.462 e. The van der Waals surface area contributed by atoms with Crippen LogP contribution in [0.1, 0.15) is 118 Å². The Bertz CT molecular complexity index is 835. The van der Waals surface area contributed by atoms with Crippen molar-refractivity contribution in [1.82, 2.24) is 0 Å². The van der Waals surface area contributed by atoms with Crippen LogP contribution in [0.3, 0.4) is 0 Å². The van der Waals surface area contributed by atoms with E-state index in [-0.39, 0.29) is 29.9 Å². The second kappa shape index (κ2) is 10.6. The van der Waals surface area contributed by atoms with E-state index in [1.165, 1.54) is 38.5 Å². The number of ketones is 1. The van der Waals surface area contributed by atoms with Gasteiger partial charge in [-0.1, -0.05) is 13.0 Å². The molecule has 5 rings (SSSR count). The fourth-order valence-electron chi connectivity index (χ4n) is 7.58. The zero-order chi connectivity index (χ0) is 26.1. The van der Waals surface area contributed by atoms with Gasteiger partial charge in [0.2, 0.25) is 0 Å². The Hall–Kier alpha value is -1.65. The number of hydrogen-bond donors (Lipinski definition) is 0. The fourth-order valence-corrected chi connectivity index (χ4v) is 7.58. The Morgan fingerprint density at radius 1 is 1.03 bits per heavy atom. The molecule has 5 heteroatoms. The molecular weight excluding hydrogens is 452 g/mol. The van der Waals surface area contributed by atoms with Gasteiger partial charge < -0.3 is 9.47 Å². The monoisotopic (exact) mass is 500 g/mol. The van der Waals surface area contributed by atoms with Gasteiger partial charge in [-0.15, -0.1) is 0 Å². The van der Waals surface area contributed by atoms with E-state index in [2.05, 4.69) is 12.2 Å². The van der Waals surface area contributed by atoms with E-state index in [1.54, 1.807) is 0 Å². The van der Waals surface area contributed by atoms with E-state index in [0.29, 0.717) is 37.5 Å². The summed E-state index contributed by atoms with van der Waals surface area (Å²) in [6, 6.07) is 0. The summed E-state index contributed by atoms with van der Waals surface area (Å²) >= 11 is 0. The predicted molar refractivity (Wildman–Crippen MR) is 140 cm³/mol.